The van der Waals surface area contributed by atoms with Crippen molar-refractivity contribution < 1.29 is 4.39 Å². The average molecular weight is 471 g/mol. The van der Waals surface area contributed by atoms with Gasteiger partial charge >= 0.3 is 0 Å². The Kier molecular flexibility index (Phi) is 5.64. The molecule has 0 nitrogen and oxygen atoms in total. The number of benzene rings is 1. The first-order chi connectivity index (χ1) is 9.09. The fraction of sp³-hybridized carbons (Fsp3) is 0.286. The maximum atomic E-state index is 13.5. The normalized spacial score (nSPS) is 11.8. The van der Waals surface area contributed by atoms with Crippen molar-refractivity contribution in [2.75, 3.05) is 10.7 Å². The van der Waals surface area contributed by atoms with Crippen LogP contribution in [0.15, 0.2) is 40.2 Å². The molecule has 0 saturated carbocycles. The van der Waals surface area contributed by atoms with Crippen LogP contribution in [0, 0.1) is 5.82 Å². The van der Waals surface area contributed by atoms with Gasteiger partial charge in [0.15, 0.2) is 0 Å². The zero-order valence-electron chi connectivity index (χ0n) is 10.0. The van der Waals surface area contributed by atoms with Crippen molar-refractivity contribution in [1.29, 1.82) is 0 Å². The lowest BCUT2D eigenvalue weighted by molar-refractivity contribution is 0.545. The zero-order chi connectivity index (χ0) is 13.9. The van der Waals surface area contributed by atoms with Crippen molar-refractivity contribution in [3.8, 4) is 0 Å². The molecular weight excluding hydrogens is 459 g/mol. The van der Waals surface area contributed by atoms with Gasteiger partial charge in [0.2, 0.25) is 0 Å². The molecule has 102 valence electrons. The topological polar surface area (TPSA) is 0 Å². The lowest BCUT2D eigenvalue weighted by Gasteiger charge is -2.30. The Balaban J connectivity index is 2.37. The molecule has 0 amide bonds. The van der Waals surface area contributed by atoms with E-state index in [1.54, 1.807) is 23.5 Å². The van der Waals surface area contributed by atoms with Crippen LogP contribution in [0.1, 0.15) is 10.4 Å². The van der Waals surface area contributed by atoms with E-state index in [0.29, 0.717) is 0 Å². The average Bonchev–Trinajstić information content (AvgIpc) is 2.81. The molecule has 0 atom stereocenters. The highest BCUT2D eigenvalue weighted by molar-refractivity contribution is 9.11. The minimum Gasteiger partial charge on any atom is -0.207 e. The van der Waals surface area contributed by atoms with Crippen LogP contribution in [0.5, 0.6) is 0 Å². The van der Waals surface area contributed by atoms with Gasteiger partial charge in [-0.2, -0.15) is 0 Å². The van der Waals surface area contributed by atoms with E-state index in [0.717, 1.165) is 26.4 Å². The Morgan fingerprint density at radius 2 is 1.84 bits per heavy atom. The van der Waals surface area contributed by atoms with Crippen molar-refractivity contribution in [1.82, 2.24) is 0 Å². The fourth-order valence-corrected chi connectivity index (χ4v) is 5.58. The summed E-state index contributed by atoms with van der Waals surface area (Å²) in [5, 5.41) is 1.56. The number of thiophene rings is 1. The molecule has 0 N–H and O–H groups in total. The van der Waals surface area contributed by atoms with Crippen LogP contribution < -0.4 is 0 Å². The molecule has 0 fully saturated rings. The first-order valence-corrected chi connectivity index (χ1v) is 9.57. The van der Waals surface area contributed by atoms with Crippen LogP contribution in [0.2, 0.25) is 0 Å². The number of hydrogen-bond acceptors (Lipinski definition) is 1. The summed E-state index contributed by atoms with van der Waals surface area (Å²) in [7, 11) is 0. The maximum Gasteiger partial charge on any atom is 0.123 e. The lowest BCUT2D eigenvalue weighted by Crippen LogP contribution is -2.32. The van der Waals surface area contributed by atoms with Crippen molar-refractivity contribution >= 4 is 59.1 Å². The summed E-state index contributed by atoms with van der Waals surface area (Å²) in [6.07, 6.45) is 0.878. The van der Waals surface area contributed by atoms with Gasteiger partial charge in [-0.15, -0.1) is 11.3 Å². The molecule has 1 aromatic carbocycles. The Morgan fingerprint density at radius 1 is 1.11 bits per heavy atom. The third kappa shape index (κ3) is 3.69. The quantitative estimate of drug-likeness (QED) is 0.476. The van der Waals surface area contributed by atoms with E-state index < -0.39 is 0 Å². The summed E-state index contributed by atoms with van der Waals surface area (Å²) in [6.45, 7) is 0. The number of hydrogen-bond donors (Lipinski definition) is 0. The molecule has 0 aliphatic rings. The van der Waals surface area contributed by atoms with Crippen LogP contribution in [-0.2, 0) is 11.8 Å². The highest BCUT2D eigenvalue weighted by Gasteiger charge is 2.31. The van der Waals surface area contributed by atoms with E-state index in [-0.39, 0.29) is 11.2 Å². The number of rotatable bonds is 5. The Hall–Kier alpha value is 0.290. The van der Waals surface area contributed by atoms with Gasteiger partial charge in [0.1, 0.15) is 5.82 Å². The smallest absolute Gasteiger partial charge is 0.123 e. The summed E-state index contributed by atoms with van der Waals surface area (Å²) in [4.78, 5) is 1.29. The molecule has 1 aromatic heterocycles. The van der Waals surface area contributed by atoms with Crippen LogP contribution in [-0.4, -0.2) is 10.7 Å². The zero-order valence-corrected chi connectivity index (χ0v) is 15.6. The lowest BCUT2D eigenvalue weighted by atomic mass is 9.81. The van der Waals surface area contributed by atoms with Crippen LogP contribution >= 0.6 is 59.1 Å². The van der Waals surface area contributed by atoms with Gasteiger partial charge < -0.3 is 0 Å². The molecule has 0 radical (unpaired) electrons. The molecule has 0 bridgehead atoms. The minimum absolute atomic E-state index is 0.133. The van der Waals surface area contributed by atoms with E-state index in [2.05, 4.69) is 59.9 Å². The highest BCUT2D eigenvalue weighted by atomic mass is 79.9. The van der Waals surface area contributed by atoms with Crippen molar-refractivity contribution in [2.24, 2.45) is 0 Å². The van der Waals surface area contributed by atoms with Crippen LogP contribution in [0.25, 0.3) is 0 Å². The summed E-state index contributed by atoms with van der Waals surface area (Å²) in [5.41, 5.74) is 0.887. The van der Waals surface area contributed by atoms with Gasteiger partial charge in [-0.05, 0) is 52.2 Å². The highest BCUT2D eigenvalue weighted by Crippen LogP contribution is 2.36. The van der Waals surface area contributed by atoms with Gasteiger partial charge in [-0.25, -0.2) is 4.39 Å². The van der Waals surface area contributed by atoms with Gasteiger partial charge in [0.25, 0.3) is 0 Å². The number of alkyl halides is 2. The molecule has 2 rings (SSSR count). The van der Waals surface area contributed by atoms with E-state index in [1.165, 1.54) is 10.9 Å². The fourth-order valence-electron chi connectivity index (χ4n) is 1.99. The predicted molar refractivity (Wildman–Crippen MR) is 91.4 cm³/mol. The molecule has 0 spiro atoms. The second-order valence-electron chi connectivity index (χ2n) is 4.44. The maximum absolute atomic E-state index is 13.5. The third-order valence-corrected chi connectivity index (χ3v) is 6.86. The first kappa shape index (κ1) is 15.7. The Morgan fingerprint density at radius 3 is 2.37 bits per heavy atom. The second-order valence-corrected chi connectivity index (χ2v) is 8.11. The molecular formula is C14H12Br3FS. The van der Waals surface area contributed by atoms with Crippen LogP contribution in [0.3, 0.4) is 0 Å². The molecule has 5 heteroatoms. The third-order valence-electron chi connectivity index (χ3n) is 3.09. The summed E-state index contributed by atoms with van der Waals surface area (Å²) in [5.74, 6) is -0.184. The molecule has 0 unspecified atom stereocenters. The molecule has 0 aliphatic carbocycles. The standard InChI is InChI=1S/C14H12Br3FS/c15-8-14(9-16,7-12-4-5-13(17)19-12)10-2-1-3-11(18)6-10/h1-6H,7-9H2. The van der Waals surface area contributed by atoms with Crippen molar-refractivity contribution in [3.63, 3.8) is 0 Å². The first-order valence-electron chi connectivity index (χ1n) is 5.72. The van der Waals surface area contributed by atoms with E-state index in [9.17, 15) is 4.39 Å². The van der Waals surface area contributed by atoms with E-state index >= 15 is 0 Å². The second kappa shape index (κ2) is 6.83. The van der Waals surface area contributed by atoms with Gasteiger partial charge in [-0.3, -0.25) is 0 Å². The van der Waals surface area contributed by atoms with Gasteiger partial charge in [0.05, 0.1) is 3.79 Å². The van der Waals surface area contributed by atoms with Crippen molar-refractivity contribution in [2.45, 2.75) is 11.8 Å². The van der Waals surface area contributed by atoms with Crippen LogP contribution in [0.4, 0.5) is 4.39 Å². The molecule has 19 heavy (non-hydrogen) atoms. The molecule has 2 aromatic rings. The summed E-state index contributed by atoms with van der Waals surface area (Å²) >= 11 is 12.4. The monoisotopic (exact) mass is 468 g/mol. The SMILES string of the molecule is Fc1cccc(C(CBr)(CBr)Cc2ccc(Br)s2)c1. The number of halogens is 4. The Bertz CT molecular complexity index is 549. The predicted octanol–water partition coefficient (Wildman–Crippen LogP) is 5.92. The Labute approximate surface area is 141 Å². The van der Waals surface area contributed by atoms with E-state index in [1.807, 2.05) is 6.07 Å². The molecule has 1 heterocycles. The summed E-state index contributed by atoms with van der Waals surface area (Å²) in [6, 6.07) is 11.1. The van der Waals surface area contributed by atoms with Gasteiger partial charge in [0, 0.05) is 21.0 Å². The van der Waals surface area contributed by atoms with E-state index in [4.69, 9.17) is 0 Å². The molecule has 0 aliphatic heterocycles. The van der Waals surface area contributed by atoms with Gasteiger partial charge in [-0.1, -0.05) is 44.0 Å². The van der Waals surface area contributed by atoms with Crippen molar-refractivity contribution in [3.05, 3.63) is 56.4 Å². The summed E-state index contributed by atoms with van der Waals surface area (Å²) < 4.78 is 14.6. The minimum atomic E-state index is -0.184. The largest absolute Gasteiger partial charge is 0.207 e. The molecule has 0 saturated heterocycles.